The normalized spacial score (nSPS) is 10.8. The number of thiophene rings is 1. The molecule has 0 radical (unpaired) electrons. The molecule has 2 heterocycles. The van der Waals surface area contributed by atoms with Gasteiger partial charge in [0.25, 0.3) is 0 Å². The van der Waals surface area contributed by atoms with E-state index in [1.165, 1.54) is 2.88 Å². The Morgan fingerprint density at radius 2 is 2.11 bits per heavy atom. The Balaban J connectivity index is 2.22. The third kappa shape index (κ3) is 2.28. The van der Waals surface area contributed by atoms with Gasteiger partial charge in [0.1, 0.15) is 5.69 Å². The smallest absolute Gasteiger partial charge is 0.230 e. The quantitative estimate of drug-likeness (QED) is 0.661. The molecule has 1 aromatic carbocycles. The van der Waals surface area contributed by atoms with Crippen LogP contribution in [0.3, 0.4) is 0 Å². The molecule has 3 nitrogen and oxygen atoms in total. The minimum absolute atomic E-state index is 0.366. The van der Waals surface area contributed by atoms with Crippen molar-refractivity contribution in [2.45, 2.75) is 6.92 Å². The summed E-state index contributed by atoms with van der Waals surface area (Å²) in [5, 5.41) is 6.19. The molecule has 0 spiro atoms. The van der Waals surface area contributed by atoms with Crippen LogP contribution in [0, 0.1) is 9.81 Å². The number of nitrogen functional groups attached to an aromatic ring is 1. The molecule has 0 amide bonds. The van der Waals surface area contributed by atoms with Crippen molar-refractivity contribution in [3.63, 3.8) is 0 Å². The molecule has 5 heteroatoms. The highest BCUT2D eigenvalue weighted by Crippen LogP contribution is 2.39. The summed E-state index contributed by atoms with van der Waals surface area (Å²) in [5.74, 6) is 0.366. The van der Waals surface area contributed by atoms with E-state index in [-0.39, 0.29) is 0 Å². The molecule has 0 saturated carbocycles. The fourth-order valence-electron chi connectivity index (χ4n) is 2.05. The van der Waals surface area contributed by atoms with Crippen molar-refractivity contribution in [3.05, 3.63) is 44.2 Å². The van der Waals surface area contributed by atoms with Crippen molar-refractivity contribution < 1.29 is 4.52 Å². The first-order chi connectivity index (χ1) is 9.16. The van der Waals surface area contributed by atoms with Crippen LogP contribution in [0.2, 0.25) is 0 Å². The van der Waals surface area contributed by atoms with Gasteiger partial charge in [-0.2, -0.15) is 0 Å². The second-order valence-electron chi connectivity index (χ2n) is 4.22. The van der Waals surface area contributed by atoms with Crippen molar-refractivity contribution in [2.75, 3.05) is 5.73 Å². The maximum absolute atomic E-state index is 5.96. The molecule has 0 atom stereocenters. The molecular formula is C14H11IN2OS. The summed E-state index contributed by atoms with van der Waals surface area (Å²) in [7, 11) is 0. The van der Waals surface area contributed by atoms with Crippen molar-refractivity contribution in [1.82, 2.24) is 5.16 Å². The average Bonchev–Trinajstić information content (AvgIpc) is 2.96. The Kier molecular flexibility index (Phi) is 3.32. The van der Waals surface area contributed by atoms with E-state index in [2.05, 4.69) is 52.2 Å². The minimum atomic E-state index is 0.366. The summed E-state index contributed by atoms with van der Waals surface area (Å²) >= 11 is 3.98. The van der Waals surface area contributed by atoms with E-state index in [4.69, 9.17) is 10.3 Å². The first kappa shape index (κ1) is 12.7. The fraction of sp³-hybridized carbons (Fsp3) is 0.0714. The van der Waals surface area contributed by atoms with E-state index < -0.39 is 0 Å². The van der Waals surface area contributed by atoms with E-state index in [1.807, 2.05) is 18.2 Å². The van der Waals surface area contributed by atoms with E-state index >= 15 is 0 Å². The van der Waals surface area contributed by atoms with Gasteiger partial charge in [-0.15, -0.1) is 11.3 Å². The van der Waals surface area contributed by atoms with Crippen molar-refractivity contribution >= 4 is 39.8 Å². The summed E-state index contributed by atoms with van der Waals surface area (Å²) < 4.78 is 6.41. The van der Waals surface area contributed by atoms with E-state index in [1.54, 1.807) is 11.3 Å². The molecule has 3 aromatic rings. The minimum Gasteiger partial charge on any atom is -0.367 e. The zero-order chi connectivity index (χ0) is 13.4. The van der Waals surface area contributed by atoms with Crippen molar-refractivity contribution in [1.29, 1.82) is 0 Å². The molecule has 19 heavy (non-hydrogen) atoms. The highest BCUT2D eigenvalue weighted by Gasteiger charge is 2.19. The average molecular weight is 382 g/mol. The Hall–Kier alpha value is -1.34. The summed E-state index contributed by atoms with van der Waals surface area (Å²) in [6, 6.07) is 10.2. The Morgan fingerprint density at radius 3 is 2.79 bits per heavy atom. The van der Waals surface area contributed by atoms with Gasteiger partial charge in [-0.1, -0.05) is 29.4 Å². The first-order valence-corrected chi connectivity index (χ1v) is 7.68. The van der Waals surface area contributed by atoms with E-state index in [9.17, 15) is 0 Å². The maximum Gasteiger partial charge on any atom is 0.230 e. The largest absolute Gasteiger partial charge is 0.367 e. The number of aromatic nitrogens is 1. The van der Waals surface area contributed by atoms with Crippen LogP contribution in [0.15, 0.2) is 40.2 Å². The summed E-state index contributed by atoms with van der Waals surface area (Å²) in [6.07, 6.45) is 0. The first-order valence-electron chi connectivity index (χ1n) is 5.72. The fourth-order valence-corrected chi connectivity index (χ4v) is 3.38. The van der Waals surface area contributed by atoms with Crippen molar-refractivity contribution in [3.8, 4) is 22.4 Å². The third-order valence-corrected chi connectivity index (χ3v) is 4.76. The lowest BCUT2D eigenvalue weighted by Crippen LogP contribution is -1.89. The number of nitrogens with two attached hydrogens (primary N) is 1. The molecule has 0 unspecified atom stereocenters. The predicted octanol–water partition coefficient (Wildman–Crippen LogP) is 4.57. The molecule has 0 aliphatic rings. The summed E-state index contributed by atoms with van der Waals surface area (Å²) in [4.78, 5) is 0. The Bertz CT molecular complexity index is 733. The SMILES string of the molecule is Cc1ccccc1-c1c(-c2csc(I)c2)noc1N. The second-order valence-corrected chi connectivity index (χ2v) is 7.03. The predicted molar refractivity (Wildman–Crippen MR) is 87.1 cm³/mol. The highest BCUT2D eigenvalue weighted by molar-refractivity contribution is 14.1. The monoisotopic (exact) mass is 382 g/mol. The topological polar surface area (TPSA) is 52.0 Å². The number of aryl methyl sites for hydroxylation is 1. The summed E-state index contributed by atoms with van der Waals surface area (Å²) in [6.45, 7) is 2.06. The molecule has 2 N–H and O–H groups in total. The molecule has 0 saturated heterocycles. The number of anilines is 1. The van der Waals surface area contributed by atoms with E-state index in [0.717, 1.165) is 27.9 Å². The highest BCUT2D eigenvalue weighted by atomic mass is 127. The molecule has 0 bridgehead atoms. The number of nitrogens with zero attached hydrogens (tertiary/aromatic N) is 1. The van der Waals surface area contributed by atoms with Crippen LogP contribution >= 0.6 is 33.9 Å². The van der Waals surface area contributed by atoms with Gasteiger partial charge in [0.15, 0.2) is 0 Å². The number of hydrogen-bond donors (Lipinski definition) is 1. The zero-order valence-corrected chi connectivity index (χ0v) is 13.2. The van der Waals surface area contributed by atoms with Gasteiger partial charge in [0.05, 0.1) is 8.45 Å². The number of halogens is 1. The zero-order valence-electron chi connectivity index (χ0n) is 10.2. The van der Waals surface area contributed by atoms with Crippen LogP contribution < -0.4 is 5.73 Å². The maximum atomic E-state index is 5.96. The van der Waals surface area contributed by atoms with Gasteiger partial charge in [-0.3, -0.25) is 0 Å². The molecule has 0 fully saturated rings. The van der Waals surface area contributed by atoms with E-state index in [0.29, 0.717) is 5.88 Å². The molecule has 3 rings (SSSR count). The van der Waals surface area contributed by atoms with Crippen LogP contribution in [0.25, 0.3) is 22.4 Å². The van der Waals surface area contributed by atoms with Gasteiger partial charge < -0.3 is 10.3 Å². The Morgan fingerprint density at radius 1 is 1.32 bits per heavy atom. The van der Waals surface area contributed by atoms with Crippen LogP contribution in [0.1, 0.15) is 5.56 Å². The second kappa shape index (κ2) is 4.97. The molecule has 0 aliphatic carbocycles. The number of benzene rings is 1. The van der Waals surface area contributed by atoms with Crippen LogP contribution in [-0.2, 0) is 0 Å². The lowest BCUT2D eigenvalue weighted by atomic mass is 9.98. The number of rotatable bonds is 2. The summed E-state index contributed by atoms with van der Waals surface area (Å²) in [5.41, 5.74) is 10.9. The molecule has 0 aliphatic heterocycles. The lowest BCUT2D eigenvalue weighted by Gasteiger charge is -2.05. The molecule has 96 valence electrons. The standard InChI is InChI=1S/C14H11IN2OS/c1-8-4-2-3-5-10(8)12-13(17-18-14(12)16)9-6-11(15)19-7-9/h2-7H,16H2,1H3. The van der Waals surface area contributed by atoms with Gasteiger partial charge in [-0.05, 0) is 46.7 Å². The van der Waals surface area contributed by atoms with Crippen molar-refractivity contribution in [2.24, 2.45) is 0 Å². The van der Waals surface area contributed by atoms with Gasteiger partial charge >= 0.3 is 0 Å². The van der Waals surface area contributed by atoms with Crippen LogP contribution in [0.4, 0.5) is 5.88 Å². The molecule has 2 aromatic heterocycles. The number of hydrogen-bond acceptors (Lipinski definition) is 4. The lowest BCUT2D eigenvalue weighted by molar-refractivity contribution is 0.439. The molecular weight excluding hydrogens is 371 g/mol. The Labute approximate surface area is 128 Å². The van der Waals surface area contributed by atoms with Crippen LogP contribution in [0.5, 0.6) is 0 Å². The van der Waals surface area contributed by atoms with Gasteiger partial charge in [-0.25, -0.2) is 0 Å². The third-order valence-electron chi connectivity index (χ3n) is 2.97. The van der Waals surface area contributed by atoms with Gasteiger partial charge in [0, 0.05) is 10.9 Å². The van der Waals surface area contributed by atoms with Crippen LogP contribution in [-0.4, -0.2) is 5.16 Å². The van der Waals surface area contributed by atoms with Gasteiger partial charge in [0.2, 0.25) is 5.88 Å².